The molecule has 1 aromatic carbocycles. The van der Waals surface area contributed by atoms with Crippen molar-refractivity contribution in [2.45, 2.75) is 13.8 Å². The van der Waals surface area contributed by atoms with Gasteiger partial charge in [0.05, 0.1) is 0 Å². The molecule has 2 rings (SSSR count). The van der Waals surface area contributed by atoms with Crippen LogP contribution in [0.2, 0.25) is 0 Å². The third-order valence-corrected chi connectivity index (χ3v) is 2.20. The van der Waals surface area contributed by atoms with Gasteiger partial charge < -0.3 is 10.2 Å². The summed E-state index contributed by atoms with van der Waals surface area (Å²) in [5.74, 6) is 0.509. The van der Waals surface area contributed by atoms with Crippen molar-refractivity contribution < 1.29 is 4.42 Å². The first kappa shape index (κ1) is 8.74. The molecule has 0 unspecified atom stereocenters. The molecule has 0 amide bonds. The van der Waals surface area contributed by atoms with Gasteiger partial charge >= 0.3 is 0 Å². The van der Waals surface area contributed by atoms with E-state index >= 15 is 0 Å². The molecule has 4 nitrogen and oxygen atoms in total. The second-order valence-corrected chi connectivity index (χ2v) is 3.27. The van der Waals surface area contributed by atoms with Gasteiger partial charge in [-0.3, -0.25) is 0 Å². The normalized spacial score (nSPS) is 10.4. The average Bonchev–Trinajstić information content (AvgIpc) is 2.64. The van der Waals surface area contributed by atoms with Gasteiger partial charge in [0.25, 0.3) is 0 Å². The van der Waals surface area contributed by atoms with Crippen LogP contribution in [-0.4, -0.2) is 10.2 Å². The Morgan fingerprint density at radius 3 is 2.64 bits per heavy atom. The molecule has 14 heavy (non-hydrogen) atoms. The van der Waals surface area contributed by atoms with E-state index in [1.165, 1.54) is 6.39 Å². The second kappa shape index (κ2) is 3.14. The van der Waals surface area contributed by atoms with E-state index in [0.717, 1.165) is 22.4 Å². The van der Waals surface area contributed by atoms with Gasteiger partial charge in [-0.25, -0.2) is 0 Å². The molecule has 0 saturated heterocycles. The lowest BCUT2D eigenvalue weighted by molar-refractivity contribution is 0.568. The summed E-state index contributed by atoms with van der Waals surface area (Å²) in [5.41, 5.74) is 9.58. The smallest absolute Gasteiger partial charge is 0.247 e. The molecule has 4 heteroatoms. The van der Waals surface area contributed by atoms with Crippen molar-refractivity contribution in [3.63, 3.8) is 0 Å². The Labute approximate surface area is 81.8 Å². The van der Waals surface area contributed by atoms with Gasteiger partial charge in [-0.2, -0.15) is 0 Å². The van der Waals surface area contributed by atoms with Crippen molar-refractivity contribution in [3.05, 3.63) is 29.7 Å². The van der Waals surface area contributed by atoms with Crippen molar-refractivity contribution in [2.24, 2.45) is 0 Å². The molecule has 0 aliphatic heterocycles. The first-order valence-corrected chi connectivity index (χ1v) is 4.32. The average molecular weight is 189 g/mol. The summed E-state index contributed by atoms with van der Waals surface area (Å²) in [7, 11) is 0. The minimum absolute atomic E-state index is 0.509. The van der Waals surface area contributed by atoms with E-state index in [9.17, 15) is 0 Å². The monoisotopic (exact) mass is 189 g/mol. The zero-order valence-electron chi connectivity index (χ0n) is 8.11. The van der Waals surface area contributed by atoms with E-state index < -0.39 is 0 Å². The molecule has 1 heterocycles. The Bertz CT molecular complexity index is 449. The highest BCUT2D eigenvalue weighted by Crippen LogP contribution is 2.25. The van der Waals surface area contributed by atoms with Crippen LogP contribution in [0.15, 0.2) is 22.9 Å². The van der Waals surface area contributed by atoms with E-state index in [2.05, 4.69) is 10.2 Å². The molecule has 0 bridgehead atoms. The van der Waals surface area contributed by atoms with Crippen molar-refractivity contribution in [3.8, 4) is 11.5 Å². The molecular weight excluding hydrogens is 178 g/mol. The number of hydrogen-bond donors (Lipinski definition) is 1. The first-order valence-electron chi connectivity index (χ1n) is 4.32. The highest BCUT2D eigenvalue weighted by molar-refractivity contribution is 5.66. The number of nitrogens with two attached hydrogens (primary N) is 1. The number of anilines is 1. The van der Waals surface area contributed by atoms with E-state index in [-0.39, 0.29) is 0 Å². The SMILES string of the molecule is Cc1cc(C)c(-c2nnco2)cc1N. The first-order chi connectivity index (χ1) is 6.68. The summed E-state index contributed by atoms with van der Waals surface area (Å²) in [6.07, 6.45) is 1.31. The maximum absolute atomic E-state index is 5.81. The van der Waals surface area contributed by atoms with Gasteiger partial charge in [-0.05, 0) is 31.0 Å². The van der Waals surface area contributed by atoms with Crippen LogP contribution in [0.25, 0.3) is 11.5 Å². The largest absolute Gasteiger partial charge is 0.423 e. The summed E-state index contributed by atoms with van der Waals surface area (Å²) in [6.45, 7) is 3.96. The van der Waals surface area contributed by atoms with Crippen LogP contribution >= 0.6 is 0 Å². The Kier molecular flexibility index (Phi) is 1.96. The van der Waals surface area contributed by atoms with Crippen molar-refractivity contribution in [1.82, 2.24) is 10.2 Å². The molecule has 0 spiro atoms. The number of benzene rings is 1. The molecule has 1 aromatic heterocycles. The van der Waals surface area contributed by atoms with E-state index in [4.69, 9.17) is 10.2 Å². The Morgan fingerprint density at radius 2 is 2.00 bits per heavy atom. The van der Waals surface area contributed by atoms with Crippen LogP contribution in [0.1, 0.15) is 11.1 Å². The van der Waals surface area contributed by atoms with Crippen molar-refractivity contribution in [1.29, 1.82) is 0 Å². The fourth-order valence-corrected chi connectivity index (χ4v) is 1.39. The third-order valence-electron chi connectivity index (χ3n) is 2.20. The molecule has 0 saturated carbocycles. The van der Waals surface area contributed by atoms with Crippen LogP contribution in [0, 0.1) is 13.8 Å². The summed E-state index contributed by atoms with van der Waals surface area (Å²) in [5, 5.41) is 7.48. The number of aryl methyl sites for hydroxylation is 2. The van der Waals surface area contributed by atoms with Gasteiger partial charge in [-0.1, -0.05) is 6.07 Å². The Hall–Kier alpha value is -1.84. The Morgan fingerprint density at radius 1 is 1.21 bits per heavy atom. The minimum Gasteiger partial charge on any atom is -0.423 e. The zero-order valence-corrected chi connectivity index (χ0v) is 8.11. The number of aromatic nitrogens is 2. The molecule has 2 aromatic rings. The van der Waals surface area contributed by atoms with Crippen LogP contribution < -0.4 is 5.73 Å². The van der Waals surface area contributed by atoms with E-state index in [1.54, 1.807) is 0 Å². The van der Waals surface area contributed by atoms with Gasteiger partial charge in [-0.15, -0.1) is 10.2 Å². The lowest BCUT2D eigenvalue weighted by Crippen LogP contribution is -1.93. The van der Waals surface area contributed by atoms with Gasteiger partial charge in [0, 0.05) is 11.3 Å². The maximum Gasteiger partial charge on any atom is 0.247 e. The van der Waals surface area contributed by atoms with Crippen LogP contribution in [0.5, 0.6) is 0 Å². The highest BCUT2D eigenvalue weighted by Gasteiger charge is 2.08. The molecule has 2 N–H and O–H groups in total. The lowest BCUT2D eigenvalue weighted by atomic mass is 10.0. The summed E-state index contributed by atoms with van der Waals surface area (Å²) < 4.78 is 5.12. The predicted octanol–water partition coefficient (Wildman–Crippen LogP) is 1.94. The minimum atomic E-state index is 0.509. The maximum atomic E-state index is 5.81. The van der Waals surface area contributed by atoms with Gasteiger partial charge in [0.2, 0.25) is 12.3 Å². The fraction of sp³-hybridized carbons (Fsp3) is 0.200. The third kappa shape index (κ3) is 1.35. The van der Waals surface area contributed by atoms with Crippen molar-refractivity contribution >= 4 is 5.69 Å². The molecule has 0 fully saturated rings. The number of nitrogen functional groups attached to an aromatic ring is 1. The molecule has 0 aliphatic carbocycles. The lowest BCUT2D eigenvalue weighted by Gasteiger charge is -2.05. The second-order valence-electron chi connectivity index (χ2n) is 3.27. The number of rotatable bonds is 1. The van der Waals surface area contributed by atoms with Crippen molar-refractivity contribution in [2.75, 3.05) is 5.73 Å². The quantitative estimate of drug-likeness (QED) is 0.696. The molecule has 72 valence electrons. The van der Waals surface area contributed by atoms with Gasteiger partial charge in [0.15, 0.2) is 0 Å². The molecular formula is C10H11N3O. The van der Waals surface area contributed by atoms with Crippen LogP contribution in [0.4, 0.5) is 5.69 Å². The summed E-state index contributed by atoms with van der Waals surface area (Å²) in [4.78, 5) is 0. The Balaban J connectivity index is 2.60. The topological polar surface area (TPSA) is 64.9 Å². The van der Waals surface area contributed by atoms with E-state index in [1.807, 2.05) is 26.0 Å². The summed E-state index contributed by atoms with van der Waals surface area (Å²) in [6, 6.07) is 3.87. The molecule has 0 atom stereocenters. The fourth-order valence-electron chi connectivity index (χ4n) is 1.39. The van der Waals surface area contributed by atoms with Crippen LogP contribution in [0.3, 0.4) is 0 Å². The summed E-state index contributed by atoms with van der Waals surface area (Å²) >= 11 is 0. The predicted molar refractivity (Wildman–Crippen MR) is 53.6 cm³/mol. The number of nitrogens with zero attached hydrogens (tertiary/aromatic N) is 2. The molecule has 0 radical (unpaired) electrons. The standard InChI is InChI=1S/C10H11N3O/c1-6-3-7(2)9(11)4-8(6)10-13-12-5-14-10/h3-5H,11H2,1-2H3. The zero-order chi connectivity index (χ0) is 10.1. The van der Waals surface area contributed by atoms with Gasteiger partial charge in [0.1, 0.15) is 0 Å². The number of hydrogen-bond acceptors (Lipinski definition) is 4. The molecule has 0 aliphatic rings. The van der Waals surface area contributed by atoms with E-state index in [0.29, 0.717) is 5.89 Å². The van der Waals surface area contributed by atoms with Crippen LogP contribution in [-0.2, 0) is 0 Å². The highest BCUT2D eigenvalue weighted by atomic mass is 16.4.